The predicted octanol–water partition coefficient (Wildman–Crippen LogP) is 6.15. The number of carboxylic acid groups (broad SMARTS) is 1. The number of carbonyl (C=O) groups is 1. The molecule has 1 unspecified atom stereocenters. The van der Waals surface area contributed by atoms with Crippen LogP contribution in [0.15, 0.2) is 34.3 Å². The van der Waals surface area contributed by atoms with Gasteiger partial charge >= 0.3 is 12.1 Å². The first-order chi connectivity index (χ1) is 13.5. The Kier molecular flexibility index (Phi) is 6.08. The van der Waals surface area contributed by atoms with Crippen LogP contribution in [0, 0.1) is 0 Å². The van der Waals surface area contributed by atoms with Crippen molar-refractivity contribution in [2.24, 2.45) is 0 Å². The van der Waals surface area contributed by atoms with Crippen molar-refractivity contribution in [1.82, 2.24) is 0 Å². The highest BCUT2D eigenvalue weighted by Gasteiger charge is 2.48. The van der Waals surface area contributed by atoms with Gasteiger partial charge in [-0.3, -0.25) is 0 Å². The average Bonchev–Trinajstić information content (AvgIpc) is 2.60. The lowest BCUT2D eigenvalue weighted by atomic mass is 9.97. The molecule has 0 fully saturated rings. The van der Waals surface area contributed by atoms with E-state index in [1.54, 1.807) is 12.1 Å². The van der Waals surface area contributed by atoms with Crippen molar-refractivity contribution in [3.05, 3.63) is 61.0 Å². The molecule has 0 bridgehead atoms. The van der Waals surface area contributed by atoms with Crippen LogP contribution in [-0.4, -0.2) is 30.5 Å². The van der Waals surface area contributed by atoms with E-state index in [9.17, 15) is 18.0 Å². The van der Waals surface area contributed by atoms with Gasteiger partial charge in [0.2, 0.25) is 6.10 Å². The van der Waals surface area contributed by atoms with Gasteiger partial charge in [-0.25, -0.2) is 4.79 Å². The van der Waals surface area contributed by atoms with Crippen LogP contribution in [0.4, 0.5) is 13.2 Å². The van der Waals surface area contributed by atoms with Gasteiger partial charge in [0.05, 0.1) is 17.7 Å². The number of ether oxygens (including phenoxy) is 2. The van der Waals surface area contributed by atoms with Crippen molar-refractivity contribution < 1.29 is 32.5 Å². The van der Waals surface area contributed by atoms with Crippen LogP contribution in [0.5, 0.6) is 11.5 Å². The third kappa shape index (κ3) is 4.49. The summed E-state index contributed by atoms with van der Waals surface area (Å²) in [6.07, 6.45) is -6.34. The third-order valence-electron chi connectivity index (χ3n) is 4.23. The summed E-state index contributed by atoms with van der Waals surface area (Å²) in [7, 11) is 1.45. The molecule has 4 nitrogen and oxygen atoms in total. The van der Waals surface area contributed by atoms with Gasteiger partial charge in [-0.1, -0.05) is 39.1 Å². The Morgan fingerprint density at radius 1 is 1.21 bits per heavy atom. The number of hydrogen-bond acceptors (Lipinski definition) is 3. The van der Waals surface area contributed by atoms with E-state index in [1.165, 1.54) is 19.2 Å². The van der Waals surface area contributed by atoms with Gasteiger partial charge in [0.15, 0.2) is 0 Å². The Hall–Kier alpha value is -1.90. The van der Waals surface area contributed by atoms with Gasteiger partial charge in [-0.05, 0) is 35.9 Å². The summed E-state index contributed by atoms with van der Waals surface area (Å²) < 4.78 is 50.8. The van der Waals surface area contributed by atoms with E-state index in [1.807, 2.05) is 0 Å². The highest BCUT2D eigenvalue weighted by molar-refractivity contribution is 9.10. The summed E-state index contributed by atoms with van der Waals surface area (Å²) in [6, 6.07) is 6.13. The van der Waals surface area contributed by atoms with Crippen molar-refractivity contribution >= 4 is 51.2 Å². The Morgan fingerprint density at radius 2 is 1.90 bits per heavy atom. The maximum atomic E-state index is 13.3. The SMILES string of the molecule is COc1c(Cl)cc(Br)cc1Cc1cc2c(cc1Cl)C=C(C(=O)O)C(C(F)(F)F)O2. The van der Waals surface area contributed by atoms with E-state index >= 15 is 0 Å². The van der Waals surface area contributed by atoms with Gasteiger partial charge in [0, 0.05) is 27.0 Å². The summed E-state index contributed by atoms with van der Waals surface area (Å²) >= 11 is 15.8. The van der Waals surface area contributed by atoms with E-state index in [0.29, 0.717) is 26.4 Å². The predicted molar refractivity (Wildman–Crippen MR) is 106 cm³/mol. The zero-order valence-electron chi connectivity index (χ0n) is 14.6. The number of benzene rings is 2. The van der Waals surface area contributed by atoms with E-state index in [-0.39, 0.29) is 22.8 Å². The highest BCUT2D eigenvalue weighted by Crippen LogP contribution is 2.41. The monoisotopic (exact) mass is 510 g/mol. The molecule has 0 saturated heterocycles. The fourth-order valence-electron chi connectivity index (χ4n) is 2.99. The molecular weight excluding hydrogens is 500 g/mol. The molecule has 29 heavy (non-hydrogen) atoms. The topological polar surface area (TPSA) is 55.8 Å². The standard InChI is InChI=1S/C19H12BrCl2F3O4/c1-28-16-10(3-11(20)7-14(16)22)2-8-6-15-9(5-13(8)21)4-12(18(26)27)17(29-15)19(23,24)25/h3-7,17H,2H2,1H3,(H,26,27). The quantitative estimate of drug-likeness (QED) is 0.535. The van der Waals surface area contributed by atoms with Gasteiger partial charge in [0.25, 0.3) is 0 Å². The molecule has 154 valence electrons. The molecule has 0 aliphatic carbocycles. The maximum absolute atomic E-state index is 13.3. The molecule has 1 atom stereocenters. The molecule has 2 aromatic rings. The number of hydrogen-bond donors (Lipinski definition) is 1. The average molecular weight is 512 g/mol. The second-order valence-corrected chi connectivity index (χ2v) is 7.91. The molecule has 1 aliphatic heterocycles. The largest absolute Gasteiger partial charge is 0.495 e. The number of aliphatic carboxylic acids is 1. The molecule has 3 rings (SSSR count). The number of halogens is 6. The van der Waals surface area contributed by atoms with Crippen molar-refractivity contribution in [1.29, 1.82) is 0 Å². The lowest BCUT2D eigenvalue weighted by molar-refractivity contribution is -0.187. The Bertz CT molecular complexity index is 1020. The van der Waals surface area contributed by atoms with Crippen molar-refractivity contribution in [2.45, 2.75) is 18.7 Å². The molecule has 10 heteroatoms. The minimum absolute atomic E-state index is 0.114. The molecule has 2 aromatic carbocycles. The highest BCUT2D eigenvalue weighted by atomic mass is 79.9. The van der Waals surface area contributed by atoms with Gasteiger partial charge in [0.1, 0.15) is 11.5 Å². The molecular formula is C19H12BrCl2F3O4. The fraction of sp³-hybridized carbons (Fsp3) is 0.211. The second-order valence-electron chi connectivity index (χ2n) is 6.18. The van der Waals surface area contributed by atoms with Crippen LogP contribution < -0.4 is 9.47 Å². The van der Waals surface area contributed by atoms with Gasteiger partial charge in [-0.15, -0.1) is 0 Å². The van der Waals surface area contributed by atoms with Gasteiger partial charge < -0.3 is 14.6 Å². The second kappa shape index (κ2) is 8.08. The molecule has 0 amide bonds. The number of rotatable bonds is 4. The minimum atomic E-state index is -4.89. The van der Waals surface area contributed by atoms with Crippen molar-refractivity contribution in [3.63, 3.8) is 0 Å². The number of alkyl halides is 3. The zero-order valence-corrected chi connectivity index (χ0v) is 17.7. The number of fused-ring (bicyclic) bond motifs is 1. The number of carboxylic acids is 1. The number of methoxy groups -OCH3 is 1. The minimum Gasteiger partial charge on any atom is -0.495 e. The molecule has 1 N–H and O–H groups in total. The smallest absolute Gasteiger partial charge is 0.430 e. The lowest BCUT2D eigenvalue weighted by Crippen LogP contribution is -2.40. The van der Waals surface area contributed by atoms with Crippen molar-refractivity contribution in [2.75, 3.05) is 7.11 Å². The Labute approximate surface area is 182 Å². The molecule has 0 saturated carbocycles. The van der Waals surface area contributed by atoms with Crippen molar-refractivity contribution in [3.8, 4) is 11.5 Å². The summed E-state index contributed by atoms with van der Waals surface area (Å²) in [5.41, 5.74) is 0.356. The maximum Gasteiger partial charge on any atom is 0.430 e. The molecule has 1 aliphatic rings. The fourth-order valence-corrected chi connectivity index (χ4v) is 4.18. The Balaban J connectivity index is 2.06. The first-order valence-corrected chi connectivity index (χ1v) is 9.58. The van der Waals surface area contributed by atoms with Crippen LogP contribution in [-0.2, 0) is 11.2 Å². The lowest BCUT2D eigenvalue weighted by Gasteiger charge is -2.27. The van der Waals surface area contributed by atoms with Crippen LogP contribution >= 0.6 is 39.1 Å². The zero-order chi connectivity index (χ0) is 21.5. The summed E-state index contributed by atoms with van der Waals surface area (Å²) in [6.45, 7) is 0. The first-order valence-electron chi connectivity index (χ1n) is 8.04. The van der Waals surface area contributed by atoms with Crippen LogP contribution in [0.1, 0.15) is 16.7 Å². The first kappa shape index (κ1) is 21.8. The Morgan fingerprint density at radius 3 is 2.48 bits per heavy atom. The van der Waals surface area contributed by atoms with E-state index in [4.69, 9.17) is 37.8 Å². The summed E-state index contributed by atoms with van der Waals surface area (Å²) in [5, 5.41) is 9.70. The van der Waals surface area contributed by atoms with Crippen LogP contribution in [0.2, 0.25) is 10.0 Å². The molecule has 0 aromatic heterocycles. The third-order valence-corrected chi connectivity index (χ3v) is 5.32. The molecule has 0 spiro atoms. The van der Waals surface area contributed by atoms with Crippen LogP contribution in [0.25, 0.3) is 6.08 Å². The van der Waals surface area contributed by atoms with E-state index in [0.717, 1.165) is 6.08 Å². The van der Waals surface area contributed by atoms with E-state index in [2.05, 4.69) is 15.9 Å². The molecule has 0 radical (unpaired) electrons. The normalized spacial score (nSPS) is 16.0. The van der Waals surface area contributed by atoms with Crippen LogP contribution in [0.3, 0.4) is 0 Å². The molecule has 1 heterocycles. The summed E-state index contributed by atoms with van der Waals surface area (Å²) in [4.78, 5) is 11.2. The van der Waals surface area contributed by atoms with Gasteiger partial charge in [-0.2, -0.15) is 13.2 Å². The van der Waals surface area contributed by atoms with E-state index < -0.39 is 23.8 Å². The summed E-state index contributed by atoms with van der Waals surface area (Å²) in [5.74, 6) is -1.42.